The molecule has 0 saturated carbocycles. The molecule has 1 unspecified atom stereocenters. The van der Waals surface area contributed by atoms with Gasteiger partial charge in [-0.05, 0) is 51.0 Å². The molecule has 1 atom stereocenters. The fraction of sp³-hybridized carbons (Fsp3) is 0.500. The molecule has 106 valence electrons. The van der Waals surface area contributed by atoms with Crippen molar-refractivity contribution in [2.75, 3.05) is 18.5 Å². The van der Waals surface area contributed by atoms with Crippen LogP contribution in [0.25, 0.3) is 0 Å². The minimum Gasteiger partial charge on any atom is -0.494 e. The summed E-state index contributed by atoms with van der Waals surface area (Å²) in [5.74, 6) is 0.792. The molecule has 1 aromatic carbocycles. The maximum Gasteiger partial charge on any atom is 0.319 e. The molecule has 19 heavy (non-hydrogen) atoms. The molecular weight excluding hydrogens is 244 g/mol. The largest absolute Gasteiger partial charge is 0.494 e. The van der Waals surface area contributed by atoms with Gasteiger partial charge in [-0.25, -0.2) is 4.79 Å². The Morgan fingerprint density at radius 1 is 1.47 bits per heavy atom. The summed E-state index contributed by atoms with van der Waals surface area (Å²) in [5, 5.41) is 14.5. The van der Waals surface area contributed by atoms with E-state index >= 15 is 0 Å². The van der Waals surface area contributed by atoms with E-state index in [1.54, 1.807) is 6.92 Å². The standard InChI is InChI=1S/C14H22N2O3/c1-4-19-12-5-6-13(10(2)9-12)16-14(18)15-8-7-11(3)17/h5-6,9,11,17H,4,7-8H2,1-3H3,(H2,15,16,18). The molecule has 1 aromatic rings. The lowest BCUT2D eigenvalue weighted by atomic mass is 10.2. The van der Waals surface area contributed by atoms with Crippen LogP contribution in [0.4, 0.5) is 10.5 Å². The summed E-state index contributed by atoms with van der Waals surface area (Å²) >= 11 is 0. The summed E-state index contributed by atoms with van der Waals surface area (Å²) in [6, 6.07) is 5.25. The molecule has 2 amide bonds. The van der Waals surface area contributed by atoms with Crippen molar-refractivity contribution in [1.82, 2.24) is 5.32 Å². The number of benzene rings is 1. The number of urea groups is 1. The third kappa shape index (κ3) is 5.61. The number of nitrogens with one attached hydrogen (secondary N) is 2. The highest BCUT2D eigenvalue weighted by Crippen LogP contribution is 2.21. The van der Waals surface area contributed by atoms with Crippen LogP contribution in [0.1, 0.15) is 25.8 Å². The zero-order chi connectivity index (χ0) is 14.3. The van der Waals surface area contributed by atoms with Crippen LogP contribution in [0.15, 0.2) is 18.2 Å². The predicted octanol–water partition coefficient (Wildman–Crippen LogP) is 2.29. The molecule has 0 aromatic heterocycles. The molecule has 0 saturated heterocycles. The molecule has 0 aliphatic carbocycles. The molecule has 0 aliphatic heterocycles. The highest BCUT2D eigenvalue weighted by atomic mass is 16.5. The number of rotatable bonds is 6. The smallest absolute Gasteiger partial charge is 0.319 e. The SMILES string of the molecule is CCOc1ccc(NC(=O)NCCC(C)O)c(C)c1. The van der Waals surface area contributed by atoms with E-state index in [0.717, 1.165) is 17.0 Å². The van der Waals surface area contributed by atoms with Crippen LogP contribution in [0.2, 0.25) is 0 Å². The third-order valence-electron chi connectivity index (χ3n) is 2.60. The molecule has 0 heterocycles. The Morgan fingerprint density at radius 3 is 2.79 bits per heavy atom. The lowest BCUT2D eigenvalue weighted by Gasteiger charge is -2.12. The van der Waals surface area contributed by atoms with E-state index in [9.17, 15) is 4.79 Å². The van der Waals surface area contributed by atoms with Crippen LogP contribution in [0.5, 0.6) is 5.75 Å². The van der Waals surface area contributed by atoms with Crippen LogP contribution >= 0.6 is 0 Å². The molecular formula is C14H22N2O3. The van der Waals surface area contributed by atoms with Crippen molar-refractivity contribution in [1.29, 1.82) is 0 Å². The van der Waals surface area contributed by atoms with E-state index < -0.39 is 6.10 Å². The fourth-order valence-electron chi connectivity index (χ4n) is 1.59. The van der Waals surface area contributed by atoms with Gasteiger partial charge >= 0.3 is 6.03 Å². The summed E-state index contributed by atoms with van der Waals surface area (Å²) < 4.78 is 5.38. The third-order valence-corrected chi connectivity index (χ3v) is 2.60. The number of carbonyl (C=O) groups excluding carboxylic acids is 1. The van der Waals surface area contributed by atoms with Crippen molar-refractivity contribution in [3.63, 3.8) is 0 Å². The summed E-state index contributed by atoms with van der Waals surface area (Å²) in [5.41, 5.74) is 1.69. The summed E-state index contributed by atoms with van der Waals surface area (Å²) in [4.78, 5) is 11.6. The van der Waals surface area contributed by atoms with Crippen molar-refractivity contribution in [2.24, 2.45) is 0 Å². The molecule has 1 rings (SSSR count). The number of aliphatic hydroxyl groups is 1. The molecule has 0 spiro atoms. The second-order valence-corrected chi connectivity index (χ2v) is 4.43. The average Bonchev–Trinajstić information content (AvgIpc) is 2.32. The van der Waals surface area contributed by atoms with Gasteiger partial charge in [0.2, 0.25) is 0 Å². The maximum absolute atomic E-state index is 11.6. The lowest BCUT2D eigenvalue weighted by Crippen LogP contribution is -2.31. The summed E-state index contributed by atoms with van der Waals surface area (Å²) in [6.45, 7) is 6.59. The van der Waals surface area contributed by atoms with Gasteiger partial charge in [-0.15, -0.1) is 0 Å². The van der Waals surface area contributed by atoms with Gasteiger partial charge in [0, 0.05) is 12.2 Å². The van der Waals surface area contributed by atoms with E-state index in [2.05, 4.69) is 10.6 Å². The van der Waals surface area contributed by atoms with Gasteiger partial charge in [0.25, 0.3) is 0 Å². The van der Waals surface area contributed by atoms with Crippen molar-refractivity contribution in [3.8, 4) is 5.75 Å². The number of aliphatic hydroxyl groups excluding tert-OH is 1. The van der Waals surface area contributed by atoms with Crippen LogP contribution < -0.4 is 15.4 Å². The average molecular weight is 266 g/mol. The van der Waals surface area contributed by atoms with Gasteiger partial charge in [0.15, 0.2) is 0 Å². The Morgan fingerprint density at radius 2 is 2.21 bits per heavy atom. The number of ether oxygens (including phenoxy) is 1. The van der Waals surface area contributed by atoms with Gasteiger partial charge in [-0.3, -0.25) is 0 Å². The first-order chi connectivity index (χ1) is 9.02. The Hall–Kier alpha value is -1.75. The molecule has 5 heteroatoms. The zero-order valence-corrected chi connectivity index (χ0v) is 11.7. The first-order valence-corrected chi connectivity index (χ1v) is 6.49. The first kappa shape index (κ1) is 15.3. The van der Waals surface area contributed by atoms with Crippen molar-refractivity contribution < 1.29 is 14.6 Å². The quantitative estimate of drug-likeness (QED) is 0.740. The Bertz CT molecular complexity index is 419. The molecule has 0 fully saturated rings. The number of hydrogen-bond acceptors (Lipinski definition) is 3. The first-order valence-electron chi connectivity index (χ1n) is 6.49. The van der Waals surface area contributed by atoms with E-state index in [4.69, 9.17) is 9.84 Å². The summed E-state index contributed by atoms with van der Waals surface area (Å²) in [6.07, 6.45) is 0.128. The Kier molecular flexibility index (Phi) is 6.15. The number of amides is 2. The van der Waals surface area contributed by atoms with E-state index in [-0.39, 0.29) is 6.03 Å². The zero-order valence-electron chi connectivity index (χ0n) is 11.7. The normalized spacial score (nSPS) is 11.8. The van der Waals surface area contributed by atoms with Crippen LogP contribution in [0.3, 0.4) is 0 Å². The second kappa shape index (κ2) is 7.63. The van der Waals surface area contributed by atoms with Crippen LogP contribution in [0, 0.1) is 6.92 Å². The molecule has 5 nitrogen and oxygen atoms in total. The maximum atomic E-state index is 11.6. The van der Waals surface area contributed by atoms with Crippen molar-refractivity contribution >= 4 is 11.7 Å². The Labute approximate surface area is 114 Å². The molecule has 0 aliphatic rings. The van der Waals surface area contributed by atoms with Crippen molar-refractivity contribution in [2.45, 2.75) is 33.3 Å². The second-order valence-electron chi connectivity index (χ2n) is 4.43. The Balaban J connectivity index is 2.50. The van der Waals surface area contributed by atoms with Crippen LogP contribution in [-0.2, 0) is 0 Å². The highest BCUT2D eigenvalue weighted by Gasteiger charge is 2.05. The van der Waals surface area contributed by atoms with Gasteiger partial charge in [-0.1, -0.05) is 0 Å². The fourth-order valence-corrected chi connectivity index (χ4v) is 1.59. The van der Waals surface area contributed by atoms with Gasteiger partial charge in [0.05, 0.1) is 12.7 Å². The van der Waals surface area contributed by atoms with E-state index in [1.165, 1.54) is 0 Å². The topological polar surface area (TPSA) is 70.6 Å². The number of anilines is 1. The predicted molar refractivity (Wildman–Crippen MR) is 75.7 cm³/mol. The van der Waals surface area contributed by atoms with Crippen molar-refractivity contribution in [3.05, 3.63) is 23.8 Å². The van der Waals surface area contributed by atoms with Crippen LogP contribution in [-0.4, -0.2) is 30.4 Å². The van der Waals surface area contributed by atoms with E-state index in [0.29, 0.717) is 19.6 Å². The van der Waals surface area contributed by atoms with E-state index in [1.807, 2.05) is 32.0 Å². The lowest BCUT2D eigenvalue weighted by molar-refractivity contribution is 0.184. The van der Waals surface area contributed by atoms with Gasteiger partial charge in [-0.2, -0.15) is 0 Å². The highest BCUT2D eigenvalue weighted by molar-refractivity contribution is 5.90. The number of carbonyl (C=O) groups is 1. The monoisotopic (exact) mass is 266 g/mol. The molecule has 3 N–H and O–H groups in total. The number of aryl methyl sites for hydroxylation is 1. The minimum atomic E-state index is -0.410. The number of hydrogen-bond donors (Lipinski definition) is 3. The minimum absolute atomic E-state index is 0.270. The molecule has 0 bridgehead atoms. The molecule has 0 radical (unpaired) electrons. The van der Waals surface area contributed by atoms with Gasteiger partial charge < -0.3 is 20.5 Å². The van der Waals surface area contributed by atoms with Gasteiger partial charge in [0.1, 0.15) is 5.75 Å². The summed E-state index contributed by atoms with van der Waals surface area (Å²) in [7, 11) is 0.